The van der Waals surface area contributed by atoms with Crippen LogP contribution in [0, 0.1) is 29.1 Å². The molecule has 0 spiro atoms. The maximum atomic E-state index is 14.6. The van der Waals surface area contributed by atoms with E-state index in [4.69, 9.17) is 9.47 Å². The third-order valence-electron chi connectivity index (χ3n) is 4.57. The van der Waals surface area contributed by atoms with Gasteiger partial charge in [-0.1, -0.05) is 0 Å². The van der Waals surface area contributed by atoms with Crippen molar-refractivity contribution >= 4 is 21.4 Å². The maximum Gasteiger partial charge on any atom is 0.194 e. The van der Waals surface area contributed by atoms with Crippen LogP contribution in [0.15, 0.2) is 48.5 Å². The minimum atomic E-state index is -1.65. The Kier molecular flexibility index (Phi) is 5.82. The quantitative estimate of drug-likeness (QED) is 0.228. The van der Waals surface area contributed by atoms with E-state index in [0.717, 1.165) is 10.1 Å². The monoisotopic (exact) mass is 450 g/mol. The predicted molar refractivity (Wildman–Crippen MR) is 109 cm³/mol. The van der Waals surface area contributed by atoms with Gasteiger partial charge in [-0.2, -0.15) is 0 Å². The molecule has 0 unspecified atom stereocenters. The third-order valence-corrected chi connectivity index (χ3v) is 5.72. The highest BCUT2D eigenvalue weighted by Crippen LogP contribution is 2.36. The lowest BCUT2D eigenvalue weighted by molar-refractivity contribution is 0.287. The van der Waals surface area contributed by atoms with Gasteiger partial charge in [0.15, 0.2) is 17.5 Å². The number of hydrogen-bond donors (Lipinski definition) is 0. The molecule has 0 saturated heterocycles. The van der Waals surface area contributed by atoms with Gasteiger partial charge in [0.05, 0.1) is 12.2 Å². The second kappa shape index (κ2) is 8.55. The van der Waals surface area contributed by atoms with E-state index in [9.17, 15) is 22.0 Å². The summed E-state index contributed by atoms with van der Waals surface area (Å²) >= 11 is 1.36. The molecular weight excluding hydrogens is 435 g/mol. The van der Waals surface area contributed by atoms with Crippen molar-refractivity contribution in [2.75, 3.05) is 6.61 Å². The summed E-state index contributed by atoms with van der Waals surface area (Å²) in [4.78, 5) is 0.664. The molecule has 0 bridgehead atoms. The fourth-order valence-corrected chi connectivity index (χ4v) is 4.14. The average Bonchev–Trinajstić information content (AvgIpc) is 3.15. The third kappa shape index (κ3) is 4.34. The maximum absolute atomic E-state index is 14.6. The Morgan fingerprint density at radius 1 is 0.742 bits per heavy atom. The van der Waals surface area contributed by atoms with Gasteiger partial charge < -0.3 is 9.47 Å². The molecule has 0 atom stereocenters. The highest BCUT2D eigenvalue weighted by molar-refractivity contribution is 7.22. The predicted octanol–water partition coefficient (Wildman–Crippen LogP) is 7.24. The van der Waals surface area contributed by atoms with E-state index in [-0.39, 0.29) is 5.75 Å². The Morgan fingerprint density at radius 3 is 2.06 bits per heavy atom. The van der Waals surface area contributed by atoms with Gasteiger partial charge in [0, 0.05) is 21.7 Å². The molecule has 0 aliphatic rings. The van der Waals surface area contributed by atoms with Crippen LogP contribution in [0.25, 0.3) is 20.5 Å². The lowest BCUT2D eigenvalue weighted by Crippen LogP contribution is -2.03. The molecule has 0 aliphatic carbocycles. The van der Waals surface area contributed by atoms with E-state index in [1.165, 1.54) is 23.5 Å². The molecule has 0 radical (unpaired) electrons. The molecule has 0 saturated carbocycles. The van der Waals surface area contributed by atoms with E-state index < -0.39 is 41.3 Å². The van der Waals surface area contributed by atoms with Gasteiger partial charge in [-0.3, -0.25) is 0 Å². The Hall–Kier alpha value is -3.13. The number of hydrogen-bond acceptors (Lipinski definition) is 3. The summed E-state index contributed by atoms with van der Waals surface area (Å²) in [5.74, 6) is -5.97. The first-order valence-electron chi connectivity index (χ1n) is 9.27. The molecule has 1 aromatic heterocycles. The summed E-state index contributed by atoms with van der Waals surface area (Å²) in [5, 5.41) is 0.914. The van der Waals surface area contributed by atoms with Crippen LogP contribution in [0.4, 0.5) is 22.0 Å². The lowest BCUT2D eigenvalue weighted by Gasteiger charge is -2.10. The minimum absolute atomic E-state index is 0.344. The van der Waals surface area contributed by atoms with Crippen molar-refractivity contribution in [1.82, 2.24) is 0 Å². The fourth-order valence-electron chi connectivity index (χ4n) is 3.06. The number of fused-ring (bicyclic) bond motifs is 1. The molecule has 4 rings (SSSR count). The zero-order valence-corrected chi connectivity index (χ0v) is 17.0. The number of ether oxygens (including phenoxy) is 2. The zero-order valence-electron chi connectivity index (χ0n) is 16.1. The lowest BCUT2D eigenvalue weighted by atomic mass is 10.1. The summed E-state index contributed by atoms with van der Waals surface area (Å²) in [6, 6.07) is 10.9. The van der Waals surface area contributed by atoms with Crippen LogP contribution in [0.2, 0.25) is 0 Å². The van der Waals surface area contributed by atoms with E-state index in [2.05, 4.69) is 0 Å². The molecular formula is C23H15F5O2S. The molecule has 3 aromatic carbocycles. The van der Waals surface area contributed by atoms with Crippen LogP contribution in [0.1, 0.15) is 12.5 Å². The first-order chi connectivity index (χ1) is 14.9. The zero-order chi connectivity index (χ0) is 22.1. The molecule has 2 nitrogen and oxygen atoms in total. The van der Waals surface area contributed by atoms with Crippen molar-refractivity contribution in [2.45, 2.75) is 13.5 Å². The van der Waals surface area contributed by atoms with Crippen molar-refractivity contribution in [3.63, 3.8) is 0 Å². The molecule has 0 N–H and O–H groups in total. The summed E-state index contributed by atoms with van der Waals surface area (Å²) < 4.78 is 80.2. The molecule has 0 fully saturated rings. The molecule has 0 amide bonds. The van der Waals surface area contributed by atoms with E-state index in [1.807, 2.05) is 31.2 Å². The highest BCUT2D eigenvalue weighted by atomic mass is 32.1. The fraction of sp³-hybridized carbons (Fsp3) is 0.130. The molecule has 31 heavy (non-hydrogen) atoms. The van der Waals surface area contributed by atoms with Crippen LogP contribution in [-0.4, -0.2) is 6.61 Å². The largest absolute Gasteiger partial charge is 0.494 e. The summed E-state index contributed by atoms with van der Waals surface area (Å²) in [6.07, 6.45) is 0. The topological polar surface area (TPSA) is 18.5 Å². The van der Waals surface area contributed by atoms with Crippen molar-refractivity contribution < 1.29 is 31.4 Å². The highest BCUT2D eigenvalue weighted by Gasteiger charge is 2.16. The molecule has 160 valence electrons. The first kappa shape index (κ1) is 21.1. The van der Waals surface area contributed by atoms with Crippen LogP contribution < -0.4 is 9.47 Å². The van der Waals surface area contributed by atoms with Crippen LogP contribution in [0.5, 0.6) is 11.5 Å². The summed E-state index contributed by atoms with van der Waals surface area (Å²) in [6.45, 7) is 1.79. The summed E-state index contributed by atoms with van der Waals surface area (Å²) in [7, 11) is 0. The molecule has 8 heteroatoms. The molecule has 1 heterocycles. The Bertz CT molecular complexity index is 1220. The van der Waals surface area contributed by atoms with Crippen molar-refractivity contribution in [1.29, 1.82) is 0 Å². The first-order valence-corrected chi connectivity index (χ1v) is 10.1. The van der Waals surface area contributed by atoms with Gasteiger partial charge in [0.1, 0.15) is 29.7 Å². The van der Waals surface area contributed by atoms with Gasteiger partial charge in [0.25, 0.3) is 0 Å². The number of thiophene rings is 1. The normalized spacial score (nSPS) is 11.2. The van der Waals surface area contributed by atoms with Gasteiger partial charge in [-0.15, -0.1) is 11.3 Å². The van der Waals surface area contributed by atoms with Gasteiger partial charge >= 0.3 is 0 Å². The number of halogens is 5. The second-order valence-electron chi connectivity index (χ2n) is 6.65. The number of benzene rings is 3. The van der Waals surface area contributed by atoms with Crippen molar-refractivity contribution in [2.24, 2.45) is 0 Å². The van der Waals surface area contributed by atoms with Crippen LogP contribution in [0.3, 0.4) is 0 Å². The van der Waals surface area contributed by atoms with Crippen molar-refractivity contribution in [3.05, 3.63) is 83.2 Å². The minimum Gasteiger partial charge on any atom is -0.494 e. The van der Waals surface area contributed by atoms with Crippen LogP contribution in [-0.2, 0) is 6.61 Å². The smallest absolute Gasteiger partial charge is 0.194 e. The Balaban J connectivity index is 1.59. The van der Waals surface area contributed by atoms with Gasteiger partial charge in [-0.05, 0) is 54.3 Å². The van der Waals surface area contributed by atoms with E-state index in [1.54, 1.807) is 0 Å². The second-order valence-corrected chi connectivity index (χ2v) is 7.74. The molecule has 4 aromatic rings. The van der Waals surface area contributed by atoms with Gasteiger partial charge in [0.2, 0.25) is 0 Å². The standard InChI is InChI=1S/C23H15F5O2S/c1-2-29-14-4-3-12-7-21(31-22(12)10-14)13-5-17(24)16(18(25)6-13)11-30-15-8-19(26)23(28)20(27)9-15/h3-10H,2,11H2,1H3. The number of rotatable bonds is 6. The summed E-state index contributed by atoms with van der Waals surface area (Å²) in [5.41, 5.74) is -0.0644. The van der Waals surface area contributed by atoms with Crippen molar-refractivity contribution in [3.8, 4) is 21.9 Å². The average molecular weight is 450 g/mol. The Morgan fingerprint density at radius 2 is 1.42 bits per heavy atom. The van der Waals surface area contributed by atoms with E-state index in [0.29, 0.717) is 34.9 Å². The molecule has 0 aliphatic heterocycles. The van der Waals surface area contributed by atoms with Crippen LogP contribution >= 0.6 is 11.3 Å². The SMILES string of the molecule is CCOc1ccc2cc(-c3cc(F)c(COc4cc(F)c(F)c(F)c4)c(F)c3)sc2c1. The Labute approximate surface area is 178 Å². The van der Waals surface area contributed by atoms with E-state index >= 15 is 0 Å². The van der Waals surface area contributed by atoms with Gasteiger partial charge in [-0.25, -0.2) is 22.0 Å².